The highest BCUT2D eigenvalue weighted by Crippen LogP contribution is 2.31. The SMILES string of the molecule is CCn1cc(-c2ccc(N(C(=O)NCc3ccccc3)C3CCC(Nc4ccc(C#N)cn4)CC3)cc2)cn1. The maximum atomic E-state index is 13.6. The molecular formula is C31H33N7O. The van der Waals surface area contributed by atoms with Crippen molar-refractivity contribution in [3.63, 3.8) is 0 Å². The zero-order valence-corrected chi connectivity index (χ0v) is 22.1. The van der Waals surface area contributed by atoms with Crippen LogP contribution in [-0.4, -0.2) is 32.9 Å². The average Bonchev–Trinajstić information content (AvgIpc) is 3.48. The molecule has 0 bridgehead atoms. The summed E-state index contributed by atoms with van der Waals surface area (Å²) in [6, 6.07) is 24.2. The number of nitriles is 1. The largest absolute Gasteiger partial charge is 0.367 e. The van der Waals surface area contributed by atoms with E-state index in [0.717, 1.165) is 60.4 Å². The van der Waals surface area contributed by atoms with Crippen LogP contribution in [0.1, 0.15) is 43.7 Å². The van der Waals surface area contributed by atoms with Crippen LogP contribution in [0.2, 0.25) is 0 Å². The Morgan fingerprint density at radius 1 is 1.00 bits per heavy atom. The van der Waals surface area contributed by atoms with Crippen LogP contribution < -0.4 is 15.5 Å². The van der Waals surface area contributed by atoms with Crippen molar-refractivity contribution in [2.24, 2.45) is 0 Å². The topological polar surface area (TPSA) is 98.9 Å². The van der Waals surface area contributed by atoms with Gasteiger partial charge in [-0.05, 0) is 68.0 Å². The number of anilines is 2. The van der Waals surface area contributed by atoms with Gasteiger partial charge in [0.05, 0.1) is 11.8 Å². The van der Waals surface area contributed by atoms with Gasteiger partial charge in [0.25, 0.3) is 0 Å². The van der Waals surface area contributed by atoms with E-state index in [2.05, 4.69) is 45.8 Å². The molecule has 2 aromatic heterocycles. The van der Waals surface area contributed by atoms with E-state index >= 15 is 0 Å². The molecule has 0 atom stereocenters. The van der Waals surface area contributed by atoms with Gasteiger partial charge in [-0.2, -0.15) is 10.4 Å². The number of pyridine rings is 1. The van der Waals surface area contributed by atoms with Crippen molar-refractivity contribution in [3.8, 4) is 17.2 Å². The van der Waals surface area contributed by atoms with Crippen LogP contribution in [0.3, 0.4) is 0 Å². The van der Waals surface area contributed by atoms with Crippen molar-refractivity contribution in [1.29, 1.82) is 5.26 Å². The average molecular weight is 520 g/mol. The molecule has 1 saturated carbocycles. The molecule has 5 rings (SSSR count). The van der Waals surface area contributed by atoms with E-state index in [1.54, 1.807) is 12.3 Å². The van der Waals surface area contributed by atoms with Gasteiger partial charge in [-0.1, -0.05) is 42.5 Å². The summed E-state index contributed by atoms with van der Waals surface area (Å²) in [6.07, 6.45) is 9.08. The first-order valence-corrected chi connectivity index (χ1v) is 13.5. The lowest BCUT2D eigenvalue weighted by atomic mass is 9.89. The third kappa shape index (κ3) is 6.44. The molecule has 8 nitrogen and oxygen atoms in total. The van der Waals surface area contributed by atoms with Crippen LogP contribution in [0.5, 0.6) is 0 Å². The van der Waals surface area contributed by atoms with E-state index in [1.807, 2.05) is 70.5 Å². The second kappa shape index (κ2) is 12.3. The number of nitrogens with one attached hydrogen (secondary N) is 2. The summed E-state index contributed by atoms with van der Waals surface area (Å²) < 4.78 is 1.91. The Bertz CT molecular complexity index is 1400. The lowest BCUT2D eigenvalue weighted by Gasteiger charge is -2.37. The minimum atomic E-state index is -0.0874. The second-order valence-corrected chi connectivity index (χ2v) is 9.84. The van der Waals surface area contributed by atoms with E-state index in [1.165, 1.54) is 0 Å². The highest BCUT2D eigenvalue weighted by Gasteiger charge is 2.30. The van der Waals surface area contributed by atoms with Gasteiger partial charge in [-0.3, -0.25) is 9.58 Å². The maximum absolute atomic E-state index is 13.6. The third-order valence-corrected chi connectivity index (χ3v) is 7.25. The van der Waals surface area contributed by atoms with Gasteiger partial charge in [0.15, 0.2) is 0 Å². The molecule has 0 aliphatic heterocycles. The minimum absolute atomic E-state index is 0.0847. The summed E-state index contributed by atoms with van der Waals surface area (Å²) >= 11 is 0. The molecule has 1 fully saturated rings. The lowest BCUT2D eigenvalue weighted by Crippen LogP contribution is -2.48. The normalized spacial score (nSPS) is 16.7. The molecule has 2 N–H and O–H groups in total. The molecular weight excluding hydrogens is 486 g/mol. The minimum Gasteiger partial charge on any atom is -0.367 e. The van der Waals surface area contributed by atoms with E-state index in [9.17, 15) is 4.79 Å². The van der Waals surface area contributed by atoms with Crippen molar-refractivity contribution in [3.05, 3.63) is 96.4 Å². The first-order chi connectivity index (χ1) is 19.1. The number of hydrogen-bond acceptors (Lipinski definition) is 5. The summed E-state index contributed by atoms with van der Waals surface area (Å²) in [5.41, 5.74) is 4.64. The Morgan fingerprint density at radius 2 is 1.77 bits per heavy atom. The summed E-state index contributed by atoms with van der Waals surface area (Å²) in [6.45, 7) is 3.37. The molecule has 8 heteroatoms. The Balaban J connectivity index is 1.29. The predicted octanol–water partition coefficient (Wildman–Crippen LogP) is 5.98. The maximum Gasteiger partial charge on any atom is 0.322 e. The molecule has 0 saturated heterocycles. The van der Waals surface area contributed by atoms with E-state index < -0.39 is 0 Å². The van der Waals surface area contributed by atoms with Crippen LogP contribution >= 0.6 is 0 Å². The smallest absolute Gasteiger partial charge is 0.322 e. The van der Waals surface area contributed by atoms with E-state index in [-0.39, 0.29) is 18.1 Å². The summed E-state index contributed by atoms with van der Waals surface area (Å²) in [7, 11) is 0. The first kappa shape index (κ1) is 26.0. The Morgan fingerprint density at radius 3 is 2.41 bits per heavy atom. The van der Waals surface area contributed by atoms with Gasteiger partial charge in [-0.25, -0.2) is 9.78 Å². The van der Waals surface area contributed by atoms with Crippen LogP contribution in [0, 0.1) is 11.3 Å². The monoisotopic (exact) mass is 519 g/mol. The fourth-order valence-corrected chi connectivity index (χ4v) is 5.09. The number of carbonyl (C=O) groups excluding carboxylic acids is 1. The van der Waals surface area contributed by atoms with Crippen LogP contribution in [0.25, 0.3) is 11.1 Å². The number of urea groups is 1. The van der Waals surface area contributed by atoms with Gasteiger partial charge in [0.2, 0.25) is 0 Å². The molecule has 4 aromatic rings. The summed E-state index contributed by atoms with van der Waals surface area (Å²) in [4.78, 5) is 19.9. The van der Waals surface area contributed by atoms with Gasteiger partial charge in [0, 0.05) is 48.8 Å². The van der Waals surface area contributed by atoms with E-state index in [0.29, 0.717) is 12.1 Å². The van der Waals surface area contributed by atoms with Crippen molar-refractivity contribution in [2.75, 3.05) is 10.2 Å². The highest BCUT2D eigenvalue weighted by atomic mass is 16.2. The van der Waals surface area contributed by atoms with Crippen molar-refractivity contribution in [1.82, 2.24) is 20.1 Å². The molecule has 0 spiro atoms. The van der Waals surface area contributed by atoms with Gasteiger partial charge < -0.3 is 10.6 Å². The van der Waals surface area contributed by atoms with Gasteiger partial charge >= 0.3 is 6.03 Å². The molecule has 39 heavy (non-hydrogen) atoms. The third-order valence-electron chi connectivity index (χ3n) is 7.25. The van der Waals surface area contributed by atoms with E-state index in [4.69, 9.17) is 5.26 Å². The molecule has 0 unspecified atom stereocenters. The number of aryl methyl sites for hydroxylation is 1. The Labute approximate surface area is 229 Å². The lowest BCUT2D eigenvalue weighted by molar-refractivity contribution is 0.240. The number of hydrogen-bond donors (Lipinski definition) is 2. The molecule has 1 aliphatic rings. The molecule has 2 heterocycles. The van der Waals surface area contributed by atoms with Gasteiger partial charge in [0.1, 0.15) is 11.9 Å². The number of benzene rings is 2. The first-order valence-electron chi connectivity index (χ1n) is 13.5. The second-order valence-electron chi connectivity index (χ2n) is 9.84. The van der Waals surface area contributed by atoms with Crippen molar-refractivity contribution >= 4 is 17.5 Å². The Hall–Kier alpha value is -4.64. The molecule has 1 aliphatic carbocycles. The zero-order chi connectivity index (χ0) is 27.0. The summed E-state index contributed by atoms with van der Waals surface area (Å²) in [5, 5.41) is 20.0. The molecule has 198 valence electrons. The van der Waals surface area contributed by atoms with Crippen LogP contribution in [0.4, 0.5) is 16.3 Å². The van der Waals surface area contributed by atoms with Crippen LogP contribution in [0.15, 0.2) is 85.3 Å². The zero-order valence-electron chi connectivity index (χ0n) is 22.1. The fraction of sp³-hybridized carbons (Fsp3) is 0.290. The molecule has 2 aromatic carbocycles. The molecule has 0 radical (unpaired) electrons. The highest BCUT2D eigenvalue weighted by molar-refractivity contribution is 5.93. The number of amides is 2. The van der Waals surface area contributed by atoms with Crippen LogP contribution in [-0.2, 0) is 13.1 Å². The molecule has 2 amide bonds. The number of aromatic nitrogens is 3. The fourth-order valence-electron chi connectivity index (χ4n) is 5.09. The van der Waals surface area contributed by atoms with Crippen molar-refractivity contribution < 1.29 is 4.79 Å². The number of nitrogens with zero attached hydrogens (tertiary/aromatic N) is 5. The number of carbonyl (C=O) groups is 1. The predicted molar refractivity (Wildman–Crippen MR) is 153 cm³/mol. The number of rotatable bonds is 8. The quantitative estimate of drug-likeness (QED) is 0.299. The van der Waals surface area contributed by atoms with Gasteiger partial charge in [-0.15, -0.1) is 0 Å². The van der Waals surface area contributed by atoms with Crippen molar-refractivity contribution in [2.45, 2.75) is 57.8 Å². The Kier molecular flexibility index (Phi) is 8.18. The summed E-state index contributed by atoms with van der Waals surface area (Å²) in [5.74, 6) is 0.775. The standard InChI is InChI=1S/C31H33N7O/c1-2-37-22-26(21-35-37)25-9-13-28(14-10-25)38(31(39)34-19-23-6-4-3-5-7-23)29-15-11-27(12-16-29)36-30-17-8-24(18-32)20-33-30/h3-10,13-14,17,20-22,27,29H,2,11-12,15-16,19H2,1H3,(H,33,36)(H,34,39).